The molecule has 0 bridgehead atoms. The second kappa shape index (κ2) is 9.36. The van der Waals surface area contributed by atoms with Gasteiger partial charge in [0.25, 0.3) is 5.91 Å². The molecule has 2 aliphatic rings. The van der Waals surface area contributed by atoms with Gasteiger partial charge >= 0.3 is 12.3 Å². The molecule has 0 aliphatic carbocycles. The maximum atomic E-state index is 13.9. The number of methoxy groups -OCH3 is 1. The lowest BCUT2D eigenvalue weighted by Crippen LogP contribution is -2.46. The monoisotopic (exact) mass is 476 g/mol. The minimum absolute atomic E-state index is 0. The number of likely N-dealkylation sites (tertiary alicyclic amines) is 1. The van der Waals surface area contributed by atoms with Crippen LogP contribution in [0, 0.1) is 17.0 Å². The number of rotatable bonds is 3. The molecule has 2 aliphatic heterocycles. The van der Waals surface area contributed by atoms with E-state index in [2.05, 4.69) is 4.74 Å². The Morgan fingerprint density at radius 2 is 1.79 bits per heavy atom. The van der Waals surface area contributed by atoms with Crippen LogP contribution in [-0.4, -0.2) is 60.8 Å². The lowest BCUT2D eigenvalue weighted by Gasteiger charge is -2.34. The normalized spacial score (nSPS) is 17.9. The van der Waals surface area contributed by atoms with Crippen molar-refractivity contribution in [2.45, 2.75) is 31.4 Å². The summed E-state index contributed by atoms with van der Waals surface area (Å²) in [6, 6.07) is 1.60. The van der Waals surface area contributed by atoms with Gasteiger partial charge in [-0.15, -0.1) is 0 Å². The van der Waals surface area contributed by atoms with Gasteiger partial charge in [-0.2, -0.15) is 13.2 Å². The molecule has 0 aromatic heterocycles. The number of piperidine rings is 1. The molecule has 7 nitrogen and oxygen atoms in total. The van der Waals surface area contributed by atoms with Crippen LogP contribution in [0.25, 0.3) is 0 Å². The summed E-state index contributed by atoms with van der Waals surface area (Å²) < 4.78 is 72.1. The molecule has 33 heavy (non-hydrogen) atoms. The predicted molar refractivity (Wildman–Crippen MR) is 110 cm³/mol. The zero-order chi connectivity index (χ0) is 24.5. The average Bonchev–Trinajstić information content (AvgIpc) is 2.78. The highest BCUT2D eigenvalue weighted by Crippen LogP contribution is 2.41. The van der Waals surface area contributed by atoms with Gasteiger partial charge in [0.1, 0.15) is 5.71 Å². The van der Waals surface area contributed by atoms with Crippen molar-refractivity contribution < 1.29 is 37.7 Å². The number of benzene rings is 1. The molecule has 1 aromatic rings. The van der Waals surface area contributed by atoms with Gasteiger partial charge in [0.15, 0.2) is 11.6 Å². The SMILES string of the molecule is COC(=O)N1CCC(N)=C(C(=N)C(=O)N2CCC(c3ccc(F)c(F)c3C(F)(F)F)CC2)C1.[HH]. The molecule has 0 atom stereocenters. The van der Waals surface area contributed by atoms with Gasteiger partial charge < -0.3 is 20.3 Å². The van der Waals surface area contributed by atoms with Crippen LogP contribution < -0.4 is 5.73 Å². The number of nitrogens with zero attached hydrogens (tertiary/aromatic N) is 2. The number of carbonyl (C=O) groups excluding carboxylic acids is 2. The van der Waals surface area contributed by atoms with Crippen molar-refractivity contribution in [3.63, 3.8) is 0 Å². The largest absolute Gasteiger partial charge is 0.453 e. The second-order valence-corrected chi connectivity index (χ2v) is 7.91. The first-order valence-corrected chi connectivity index (χ1v) is 10.2. The van der Waals surface area contributed by atoms with Crippen molar-refractivity contribution >= 4 is 17.7 Å². The molecular formula is C21H25F5N4O3. The van der Waals surface area contributed by atoms with Crippen molar-refractivity contribution in [2.24, 2.45) is 5.73 Å². The fraction of sp³-hybridized carbons (Fsp3) is 0.476. The smallest absolute Gasteiger partial charge is 0.419 e. The molecule has 1 fully saturated rings. The molecule has 0 unspecified atom stereocenters. The summed E-state index contributed by atoms with van der Waals surface area (Å²) in [4.78, 5) is 27.2. The lowest BCUT2D eigenvalue weighted by atomic mass is 9.85. The van der Waals surface area contributed by atoms with Crippen molar-refractivity contribution in [3.8, 4) is 0 Å². The maximum Gasteiger partial charge on any atom is 0.419 e. The van der Waals surface area contributed by atoms with Crippen molar-refractivity contribution in [1.29, 1.82) is 5.41 Å². The van der Waals surface area contributed by atoms with Crippen LogP contribution in [-0.2, 0) is 15.7 Å². The van der Waals surface area contributed by atoms with E-state index in [0.29, 0.717) is 11.8 Å². The van der Waals surface area contributed by atoms with Gasteiger partial charge in [-0.05, 0) is 30.4 Å². The van der Waals surface area contributed by atoms with Gasteiger partial charge in [0.05, 0.1) is 19.2 Å². The van der Waals surface area contributed by atoms with E-state index in [-0.39, 0.29) is 58.0 Å². The first kappa shape index (κ1) is 24.5. The summed E-state index contributed by atoms with van der Waals surface area (Å²) in [7, 11) is 1.21. The fourth-order valence-corrected chi connectivity index (χ4v) is 4.18. The quantitative estimate of drug-likeness (QED) is 0.514. The first-order valence-electron chi connectivity index (χ1n) is 10.2. The predicted octanol–water partition coefficient (Wildman–Crippen LogP) is 3.64. The fourth-order valence-electron chi connectivity index (χ4n) is 4.18. The number of nitrogens with two attached hydrogens (primary N) is 1. The highest BCUT2D eigenvalue weighted by molar-refractivity contribution is 6.44. The summed E-state index contributed by atoms with van der Waals surface area (Å²) in [5, 5.41) is 8.28. The number of ether oxygens (including phenoxy) is 1. The molecule has 2 heterocycles. The van der Waals surface area contributed by atoms with E-state index in [1.807, 2.05) is 0 Å². The van der Waals surface area contributed by atoms with Crippen LogP contribution >= 0.6 is 0 Å². The van der Waals surface area contributed by atoms with Crippen LogP contribution in [0.1, 0.15) is 37.7 Å². The molecule has 3 rings (SSSR count). The molecule has 1 aromatic carbocycles. The Morgan fingerprint density at radius 3 is 2.36 bits per heavy atom. The Morgan fingerprint density at radius 1 is 1.15 bits per heavy atom. The Labute approximate surface area is 187 Å². The van der Waals surface area contributed by atoms with E-state index in [1.54, 1.807) is 0 Å². The third-order valence-electron chi connectivity index (χ3n) is 5.97. The first-order chi connectivity index (χ1) is 15.5. The van der Waals surface area contributed by atoms with Gasteiger partial charge in [0.2, 0.25) is 0 Å². The number of amides is 2. The van der Waals surface area contributed by atoms with Crippen LogP contribution in [0.2, 0.25) is 0 Å². The zero-order valence-electron chi connectivity index (χ0n) is 17.8. The number of alkyl halides is 3. The summed E-state index contributed by atoms with van der Waals surface area (Å²) in [6.07, 6.45) is -5.26. The number of carbonyl (C=O) groups is 2. The summed E-state index contributed by atoms with van der Waals surface area (Å²) in [5.74, 6) is -4.91. The molecule has 0 saturated carbocycles. The zero-order valence-corrected chi connectivity index (χ0v) is 17.8. The van der Waals surface area contributed by atoms with Crippen molar-refractivity contribution in [3.05, 3.63) is 46.2 Å². The van der Waals surface area contributed by atoms with E-state index in [4.69, 9.17) is 11.1 Å². The van der Waals surface area contributed by atoms with Crippen LogP contribution in [0.15, 0.2) is 23.4 Å². The minimum atomic E-state index is -5.06. The van der Waals surface area contributed by atoms with Gasteiger partial charge in [0, 0.05) is 38.8 Å². The Bertz CT molecular complexity index is 1010. The van der Waals surface area contributed by atoms with Gasteiger partial charge in [-0.3, -0.25) is 10.2 Å². The Balaban J connectivity index is 0.00000408. The number of hydrogen-bond acceptors (Lipinski definition) is 5. The summed E-state index contributed by atoms with van der Waals surface area (Å²) >= 11 is 0. The number of nitrogens with one attached hydrogen (secondary N) is 1. The molecule has 2 amide bonds. The van der Waals surface area contributed by atoms with Crippen LogP contribution in [0.5, 0.6) is 0 Å². The lowest BCUT2D eigenvalue weighted by molar-refractivity contribution is -0.141. The van der Waals surface area contributed by atoms with Crippen LogP contribution in [0.3, 0.4) is 0 Å². The average molecular weight is 476 g/mol. The Kier molecular flexibility index (Phi) is 6.94. The number of hydrogen-bond donors (Lipinski definition) is 2. The highest BCUT2D eigenvalue weighted by Gasteiger charge is 2.41. The molecule has 0 radical (unpaired) electrons. The molecule has 1 saturated heterocycles. The standard InChI is InChI=1S/C21H23F5N4O3.H2/c1-33-20(32)30-9-6-15(27)13(10-30)18(28)19(31)29-7-4-11(5-8-29)12-2-3-14(22)17(23)16(12)21(24,25)26;/h2-3,11,28H,4-10,27H2,1H3;1H. The second-order valence-electron chi connectivity index (χ2n) is 7.91. The van der Waals surface area contributed by atoms with E-state index >= 15 is 0 Å². The molecular weight excluding hydrogens is 451 g/mol. The summed E-state index contributed by atoms with van der Waals surface area (Å²) in [5.41, 5.74) is 4.08. The van der Waals surface area contributed by atoms with Crippen molar-refractivity contribution in [2.75, 3.05) is 33.3 Å². The molecule has 12 heteroatoms. The molecule has 0 spiro atoms. The topological polar surface area (TPSA) is 99.7 Å². The Hall–Kier alpha value is -3.18. The highest BCUT2D eigenvalue weighted by atomic mass is 19.4. The van der Waals surface area contributed by atoms with Crippen LogP contribution in [0.4, 0.5) is 26.7 Å². The van der Waals surface area contributed by atoms with E-state index in [9.17, 15) is 31.5 Å². The summed E-state index contributed by atoms with van der Waals surface area (Å²) in [6.45, 7) is 0.264. The van der Waals surface area contributed by atoms with E-state index < -0.39 is 47.0 Å². The van der Waals surface area contributed by atoms with Gasteiger partial charge in [-0.25, -0.2) is 13.6 Å². The minimum Gasteiger partial charge on any atom is -0.453 e. The van der Waals surface area contributed by atoms with Gasteiger partial charge in [-0.1, -0.05) is 6.07 Å². The molecule has 3 N–H and O–H groups in total. The van der Waals surface area contributed by atoms with E-state index in [1.165, 1.54) is 16.9 Å². The molecule has 182 valence electrons. The van der Waals surface area contributed by atoms with E-state index in [0.717, 1.165) is 6.07 Å². The number of halogens is 5. The maximum absolute atomic E-state index is 13.9. The van der Waals surface area contributed by atoms with Crippen molar-refractivity contribution in [1.82, 2.24) is 9.80 Å². The third kappa shape index (κ3) is 4.93. The third-order valence-corrected chi connectivity index (χ3v) is 5.97.